The number of aryl methyl sites for hydroxylation is 1. The van der Waals surface area contributed by atoms with Crippen molar-refractivity contribution in [3.05, 3.63) is 59.7 Å². The van der Waals surface area contributed by atoms with E-state index in [4.69, 9.17) is 9.47 Å². The second kappa shape index (κ2) is 10.1. The van der Waals surface area contributed by atoms with E-state index in [9.17, 15) is 9.59 Å². The summed E-state index contributed by atoms with van der Waals surface area (Å²) in [6.07, 6.45) is 0.708. The van der Waals surface area contributed by atoms with E-state index < -0.39 is 5.60 Å². The number of amides is 2. The van der Waals surface area contributed by atoms with Crippen molar-refractivity contribution in [1.29, 1.82) is 0 Å². The maximum absolute atomic E-state index is 13.2. The van der Waals surface area contributed by atoms with Gasteiger partial charge in [-0.25, -0.2) is 0 Å². The molecule has 1 saturated heterocycles. The predicted molar refractivity (Wildman–Crippen MR) is 121 cm³/mol. The summed E-state index contributed by atoms with van der Waals surface area (Å²) in [5, 5.41) is 0. The zero-order valence-corrected chi connectivity index (χ0v) is 18.9. The molecule has 2 aromatic rings. The molecular weight excluding hydrogens is 392 g/mol. The Morgan fingerprint density at radius 2 is 1.87 bits per heavy atom. The van der Waals surface area contributed by atoms with Crippen LogP contribution in [0.3, 0.4) is 0 Å². The van der Waals surface area contributed by atoms with Crippen LogP contribution in [0.5, 0.6) is 0 Å². The fraction of sp³-hybridized carbons (Fsp3) is 0.440. The Kier molecular flexibility index (Phi) is 7.46. The van der Waals surface area contributed by atoms with Gasteiger partial charge in [-0.3, -0.25) is 9.59 Å². The number of benzene rings is 2. The number of rotatable bonds is 7. The van der Waals surface area contributed by atoms with E-state index >= 15 is 0 Å². The monoisotopic (exact) mass is 424 g/mol. The average Bonchev–Trinajstić information content (AvgIpc) is 2.77. The van der Waals surface area contributed by atoms with Crippen molar-refractivity contribution in [2.75, 3.05) is 47.5 Å². The molecule has 1 aliphatic rings. The SMILES string of the molecule is COCCC(=O)N1CCO[C@@](Cc2ccc(-c3cccc(C)c3)cc2)(C(=O)N(C)C)C1. The highest BCUT2D eigenvalue weighted by atomic mass is 16.5. The van der Waals surface area contributed by atoms with Crippen LogP contribution in [0.15, 0.2) is 48.5 Å². The number of likely N-dealkylation sites (N-methyl/N-ethyl adjacent to an activating group) is 1. The highest BCUT2D eigenvalue weighted by molar-refractivity contribution is 5.87. The van der Waals surface area contributed by atoms with Crippen LogP contribution < -0.4 is 0 Å². The molecule has 1 atom stereocenters. The zero-order valence-electron chi connectivity index (χ0n) is 18.9. The first-order chi connectivity index (χ1) is 14.8. The Morgan fingerprint density at radius 3 is 2.52 bits per heavy atom. The summed E-state index contributed by atoms with van der Waals surface area (Å²) in [6.45, 7) is 3.50. The van der Waals surface area contributed by atoms with Crippen molar-refractivity contribution >= 4 is 11.8 Å². The fourth-order valence-electron chi connectivity index (χ4n) is 4.03. The van der Waals surface area contributed by atoms with E-state index in [1.807, 2.05) is 18.2 Å². The smallest absolute Gasteiger partial charge is 0.256 e. The van der Waals surface area contributed by atoms with Gasteiger partial charge in [0.05, 0.1) is 26.2 Å². The van der Waals surface area contributed by atoms with Crippen LogP contribution in [0.2, 0.25) is 0 Å². The first-order valence-electron chi connectivity index (χ1n) is 10.6. The number of morpholine rings is 1. The van der Waals surface area contributed by atoms with Crippen molar-refractivity contribution in [2.24, 2.45) is 0 Å². The molecule has 1 aliphatic heterocycles. The molecule has 0 radical (unpaired) electrons. The maximum atomic E-state index is 13.2. The van der Waals surface area contributed by atoms with Gasteiger partial charge in [-0.15, -0.1) is 0 Å². The minimum atomic E-state index is -1.09. The molecule has 0 bridgehead atoms. The third kappa shape index (κ3) is 5.51. The molecule has 6 heteroatoms. The third-order valence-electron chi connectivity index (χ3n) is 5.65. The summed E-state index contributed by atoms with van der Waals surface area (Å²) in [7, 11) is 5.02. The van der Waals surface area contributed by atoms with Crippen molar-refractivity contribution < 1.29 is 19.1 Å². The van der Waals surface area contributed by atoms with Gasteiger partial charge < -0.3 is 19.3 Å². The van der Waals surface area contributed by atoms with Crippen LogP contribution in [0.4, 0.5) is 0 Å². The highest BCUT2D eigenvalue weighted by Gasteiger charge is 2.45. The lowest BCUT2D eigenvalue weighted by molar-refractivity contribution is -0.172. The van der Waals surface area contributed by atoms with Crippen molar-refractivity contribution in [1.82, 2.24) is 9.80 Å². The van der Waals surface area contributed by atoms with E-state index in [0.29, 0.717) is 32.6 Å². The summed E-state index contributed by atoms with van der Waals surface area (Å²) in [5.74, 6) is -0.143. The third-order valence-corrected chi connectivity index (χ3v) is 5.65. The molecule has 31 heavy (non-hydrogen) atoms. The molecule has 0 unspecified atom stereocenters. The molecular formula is C25H32N2O4. The van der Waals surface area contributed by atoms with Gasteiger partial charge in [0, 0.05) is 34.2 Å². The number of nitrogens with zero attached hydrogens (tertiary/aromatic N) is 2. The molecule has 0 saturated carbocycles. The van der Waals surface area contributed by atoms with Gasteiger partial charge >= 0.3 is 0 Å². The lowest BCUT2D eigenvalue weighted by Gasteiger charge is -2.43. The topological polar surface area (TPSA) is 59.1 Å². The van der Waals surface area contributed by atoms with Gasteiger partial charge in [0.15, 0.2) is 5.60 Å². The van der Waals surface area contributed by atoms with Gasteiger partial charge in [-0.1, -0.05) is 54.1 Å². The standard InChI is InChI=1S/C25H32N2O4/c1-19-6-5-7-22(16-19)21-10-8-20(9-11-21)17-25(24(29)26(2)3)18-27(13-15-31-25)23(28)12-14-30-4/h5-11,16H,12-15,17-18H2,1-4H3/t25-/m1/s1. The lowest BCUT2D eigenvalue weighted by atomic mass is 9.89. The molecule has 0 N–H and O–H groups in total. The van der Waals surface area contributed by atoms with Crippen LogP contribution in [0.1, 0.15) is 17.5 Å². The summed E-state index contributed by atoms with van der Waals surface area (Å²) in [6, 6.07) is 16.6. The Balaban J connectivity index is 1.82. The molecule has 0 aromatic heterocycles. The highest BCUT2D eigenvalue weighted by Crippen LogP contribution is 2.28. The average molecular weight is 425 g/mol. The van der Waals surface area contributed by atoms with E-state index in [-0.39, 0.29) is 18.4 Å². The van der Waals surface area contributed by atoms with Crippen LogP contribution in [0.25, 0.3) is 11.1 Å². The molecule has 3 rings (SSSR count). The Hall–Kier alpha value is -2.70. The molecule has 1 heterocycles. The van der Waals surface area contributed by atoms with Crippen LogP contribution in [-0.4, -0.2) is 74.7 Å². The minimum absolute atomic E-state index is 0.0177. The zero-order chi connectivity index (χ0) is 22.4. The van der Waals surface area contributed by atoms with Crippen molar-refractivity contribution in [3.63, 3.8) is 0 Å². The maximum Gasteiger partial charge on any atom is 0.256 e. The van der Waals surface area contributed by atoms with Gasteiger partial charge in [-0.2, -0.15) is 0 Å². The molecule has 2 aromatic carbocycles. The van der Waals surface area contributed by atoms with Gasteiger partial charge in [0.2, 0.25) is 5.91 Å². The first-order valence-corrected chi connectivity index (χ1v) is 10.6. The van der Waals surface area contributed by atoms with Crippen molar-refractivity contribution in [3.8, 4) is 11.1 Å². The van der Waals surface area contributed by atoms with Gasteiger partial charge in [-0.05, 0) is 23.6 Å². The van der Waals surface area contributed by atoms with E-state index in [1.54, 1.807) is 31.0 Å². The van der Waals surface area contributed by atoms with Gasteiger partial charge in [0.1, 0.15) is 0 Å². The number of hydrogen-bond donors (Lipinski definition) is 0. The second-order valence-corrected chi connectivity index (χ2v) is 8.34. The number of carbonyl (C=O) groups is 2. The lowest BCUT2D eigenvalue weighted by Crippen LogP contribution is -2.61. The minimum Gasteiger partial charge on any atom is -0.384 e. The number of hydrogen-bond acceptors (Lipinski definition) is 4. The summed E-state index contributed by atoms with van der Waals surface area (Å²) in [5.41, 5.74) is 3.41. The molecule has 2 amide bonds. The predicted octanol–water partition coefficient (Wildman–Crippen LogP) is 2.93. The summed E-state index contributed by atoms with van der Waals surface area (Å²) >= 11 is 0. The molecule has 1 fully saturated rings. The number of carbonyl (C=O) groups excluding carboxylic acids is 2. The normalized spacial score (nSPS) is 18.6. The largest absolute Gasteiger partial charge is 0.384 e. The van der Waals surface area contributed by atoms with E-state index in [0.717, 1.165) is 16.7 Å². The van der Waals surface area contributed by atoms with E-state index in [1.165, 1.54) is 5.56 Å². The number of methoxy groups -OCH3 is 1. The van der Waals surface area contributed by atoms with Gasteiger partial charge in [0.25, 0.3) is 5.91 Å². The van der Waals surface area contributed by atoms with Crippen LogP contribution >= 0.6 is 0 Å². The quantitative estimate of drug-likeness (QED) is 0.686. The molecule has 6 nitrogen and oxygen atoms in total. The summed E-state index contributed by atoms with van der Waals surface area (Å²) in [4.78, 5) is 29.0. The molecule has 0 aliphatic carbocycles. The van der Waals surface area contributed by atoms with Crippen LogP contribution in [0, 0.1) is 6.92 Å². The fourth-order valence-corrected chi connectivity index (χ4v) is 4.03. The molecule has 0 spiro atoms. The molecule has 166 valence electrons. The Labute approximate surface area is 184 Å². The second-order valence-electron chi connectivity index (χ2n) is 8.34. The Bertz CT molecular complexity index is 910. The number of ether oxygens (including phenoxy) is 2. The summed E-state index contributed by atoms with van der Waals surface area (Å²) < 4.78 is 11.1. The first kappa shape index (κ1) is 23.0. The van der Waals surface area contributed by atoms with E-state index in [2.05, 4.69) is 37.3 Å². The van der Waals surface area contributed by atoms with Crippen molar-refractivity contribution in [2.45, 2.75) is 25.4 Å². The Morgan fingerprint density at radius 1 is 1.13 bits per heavy atom. The van der Waals surface area contributed by atoms with Crippen LogP contribution in [-0.2, 0) is 25.5 Å².